The molecule has 2 heterocycles. The van der Waals surface area contributed by atoms with Crippen LogP contribution in [0, 0.1) is 0 Å². The predicted octanol–water partition coefficient (Wildman–Crippen LogP) is 1.77. The molecule has 1 unspecified atom stereocenters. The average molecular weight is 164 g/mol. The Kier molecular flexibility index (Phi) is 2.39. The number of ether oxygens (including phenoxy) is 2. The van der Waals surface area contributed by atoms with Crippen LogP contribution in [0.25, 0.3) is 0 Å². The largest absolute Gasteiger partial charge is 0.377 e. The average Bonchev–Trinajstić information content (AvgIpc) is 2.97. The quantitative estimate of drug-likeness (QED) is 0.591. The molecule has 0 bridgehead atoms. The highest BCUT2D eigenvalue weighted by Gasteiger charge is 2.23. The maximum Gasteiger partial charge on any atom is 0.106 e. The molecule has 64 valence electrons. The summed E-state index contributed by atoms with van der Waals surface area (Å²) in [5.74, 6) is 0. The molecule has 0 aliphatic carbocycles. The molecule has 2 fully saturated rings. The van der Waals surface area contributed by atoms with E-state index < -0.39 is 0 Å². The van der Waals surface area contributed by atoms with Gasteiger partial charge in [0.2, 0.25) is 0 Å². The fraction of sp³-hybridized carbons (Fsp3) is 0.400. The molecule has 2 aliphatic heterocycles. The van der Waals surface area contributed by atoms with Crippen LogP contribution >= 0.6 is 0 Å². The standard InChI is InChI=1S/C8H8O.C2H4O/c1-2-4-7(5-3-1)8-6-9-8;1-2-3-1/h1-5,8H,6H2;1-2H2. The smallest absolute Gasteiger partial charge is 0.106 e. The van der Waals surface area contributed by atoms with Crippen molar-refractivity contribution in [1.29, 1.82) is 0 Å². The zero-order valence-corrected chi connectivity index (χ0v) is 6.90. The molecule has 12 heavy (non-hydrogen) atoms. The topological polar surface area (TPSA) is 25.1 Å². The summed E-state index contributed by atoms with van der Waals surface area (Å²) in [6.45, 7) is 2.91. The Balaban J connectivity index is 0.000000159. The maximum absolute atomic E-state index is 5.09. The molecule has 0 spiro atoms. The molecule has 1 aromatic carbocycles. The number of hydrogen-bond donors (Lipinski definition) is 0. The molecule has 0 radical (unpaired) electrons. The summed E-state index contributed by atoms with van der Waals surface area (Å²) in [6.07, 6.45) is 0.409. The Labute approximate surface area is 72.1 Å². The second kappa shape index (κ2) is 3.70. The van der Waals surface area contributed by atoms with Gasteiger partial charge >= 0.3 is 0 Å². The lowest BCUT2D eigenvalue weighted by Gasteiger charge is -1.89. The minimum absolute atomic E-state index is 0.409. The van der Waals surface area contributed by atoms with E-state index in [1.54, 1.807) is 0 Å². The van der Waals surface area contributed by atoms with Crippen LogP contribution in [-0.4, -0.2) is 19.8 Å². The molecule has 2 heteroatoms. The first-order valence-corrected chi connectivity index (χ1v) is 4.21. The summed E-state index contributed by atoms with van der Waals surface area (Å²) in [6, 6.07) is 10.3. The highest BCUT2D eigenvalue weighted by atomic mass is 16.6. The van der Waals surface area contributed by atoms with E-state index >= 15 is 0 Å². The summed E-state index contributed by atoms with van der Waals surface area (Å²) in [4.78, 5) is 0. The second-order valence-corrected chi connectivity index (χ2v) is 2.85. The van der Waals surface area contributed by atoms with Gasteiger partial charge in [-0.3, -0.25) is 0 Å². The van der Waals surface area contributed by atoms with Crippen molar-refractivity contribution in [3.05, 3.63) is 35.9 Å². The Hall–Kier alpha value is -0.860. The molecule has 3 rings (SSSR count). The van der Waals surface area contributed by atoms with Gasteiger partial charge in [0.1, 0.15) is 6.10 Å². The SMILES string of the molecule is C1CO1.c1ccc(C2CO2)cc1. The molecule has 0 amide bonds. The van der Waals surface area contributed by atoms with Gasteiger partial charge in [-0.25, -0.2) is 0 Å². The van der Waals surface area contributed by atoms with E-state index in [2.05, 4.69) is 16.9 Å². The van der Waals surface area contributed by atoms with Crippen molar-refractivity contribution < 1.29 is 9.47 Å². The van der Waals surface area contributed by atoms with Gasteiger partial charge in [-0.15, -0.1) is 0 Å². The lowest BCUT2D eigenvalue weighted by molar-refractivity contribution is 0.415. The van der Waals surface area contributed by atoms with Crippen molar-refractivity contribution in [1.82, 2.24) is 0 Å². The van der Waals surface area contributed by atoms with Crippen molar-refractivity contribution in [3.8, 4) is 0 Å². The van der Waals surface area contributed by atoms with Crippen molar-refractivity contribution >= 4 is 0 Å². The molecule has 2 saturated heterocycles. The van der Waals surface area contributed by atoms with Crippen LogP contribution < -0.4 is 0 Å². The van der Waals surface area contributed by atoms with Crippen molar-refractivity contribution in [2.75, 3.05) is 19.8 Å². The predicted molar refractivity (Wildman–Crippen MR) is 46.0 cm³/mol. The van der Waals surface area contributed by atoms with E-state index in [4.69, 9.17) is 4.74 Å². The normalized spacial score (nSPS) is 23.8. The Morgan fingerprint density at radius 1 is 1.08 bits per heavy atom. The third-order valence-electron chi connectivity index (χ3n) is 1.71. The van der Waals surface area contributed by atoms with Crippen LogP contribution in [0.15, 0.2) is 30.3 Å². The van der Waals surface area contributed by atoms with E-state index in [0.29, 0.717) is 6.10 Å². The van der Waals surface area contributed by atoms with Crippen LogP contribution in [0.5, 0.6) is 0 Å². The maximum atomic E-state index is 5.09. The fourth-order valence-electron chi connectivity index (χ4n) is 0.908. The van der Waals surface area contributed by atoms with Gasteiger partial charge in [0.15, 0.2) is 0 Å². The molecule has 0 aromatic heterocycles. The van der Waals surface area contributed by atoms with Crippen molar-refractivity contribution in [2.24, 2.45) is 0 Å². The van der Waals surface area contributed by atoms with Gasteiger partial charge in [-0.1, -0.05) is 30.3 Å². The molecule has 0 N–H and O–H groups in total. The van der Waals surface area contributed by atoms with E-state index in [9.17, 15) is 0 Å². The Bertz CT molecular complexity index is 224. The van der Waals surface area contributed by atoms with Crippen LogP contribution in [0.3, 0.4) is 0 Å². The lowest BCUT2D eigenvalue weighted by Crippen LogP contribution is -1.75. The van der Waals surface area contributed by atoms with Gasteiger partial charge in [-0.2, -0.15) is 0 Å². The zero-order chi connectivity index (χ0) is 8.23. The monoisotopic (exact) mass is 164 g/mol. The van der Waals surface area contributed by atoms with Crippen LogP contribution in [-0.2, 0) is 9.47 Å². The summed E-state index contributed by atoms with van der Waals surface area (Å²) >= 11 is 0. The van der Waals surface area contributed by atoms with Crippen LogP contribution in [0.4, 0.5) is 0 Å². The van der Waals surface area contributed by atoms with E-state index in [-0.39, 0.29) is 0 Å². The summed E-state index contributed by atoms with van der Waals surface area (Å²) in [7, 11) is 0. The van der Waals surface area contributed by atoms with Gasteiger partial charge in [0.25, 0.3) is 0 Å². The van der Waals surface area contributed by atoms with Gasteiger partial charge < -0.3 is 9.47 Å². The first-order chi connectivity index (χ1) is 5.97. The summed E-state index contributed by atoms with van der Waals surface area (Å²) in [5.41, 5.74) is 1.30. The number of hydrogen-bond acceptors (Lipinski definition) is 2. The third-order valence-corrected chi connectivity index (χ3v) is 1.71. The minimum Gasteiger partial charge on any atom is -0.377 e. The molecule has 0 saturated carbocycles. The van der Waals surface area contributed by atoms with Crippen LogP contribution in [0.1, 0.15) is 11.7 Å². The summed E-state index contributed by atoms with van der Waals surface area (Å²) in [5, 5.41) is 0. The fourth-order valence-corrected chi connectivity index (χ4v) is 0.908. The van der Waals surface area contributed by atoms with Crippen molar-refractivity contribution in [3.63, 3.8) is 0 Å². The molecular formula is C10H12O2. The molecule has 2 aliphatic rings. The van der Waals surface area contributed by atoms with E-state index in [1.165, 1.54) is 5.56 Å². The molecule has 2 nitrogen and oxygen atoms in total. The zero-order valence-electron chi connectivity index (χ0n) is 6.90. The number of rotatable bonds is 1. The van der Waals surface area contributed by atoms with Gasteiger partial charge in [0, 0.05) is 0 Å². The Morgan fingerprint density at radius 2 is 1.67 bits per heavy atom. The van der Waals surface area contributed by atoms with Crippen LogP contribution in [0.2, 0.25) is 0 Å². The Morgan fingerprint density at radius 3 is 2.08 bits per heavy atom. The molecule has 1 aromatic rings. The molecular weight excluding hydrogens is 152 g/mol. The van der Waals surface area contributed by atoms with E-state index in [0.717, 1.165) is 19.8 Å². The van der Waals surface area contributed by atoms with Gasteiger partial charge in [-0.05, 0) is 5.56 Å². The first kappa shape index (κ1) is 7.77. The van der Waals surface area contributed by atoms with E-state index in [1.807, 2.05) is 18.2 Å². The highest BCUT2D eigenvalue weighted by molar-refractivity contribution is 5.19. The highest BCUT2D eigenvalue weighted by Crippen LogP contribution is 2.28. The first-order valence-electron chi connectivity index (χ1n) is 4.21. The number of benzene rings is 1. The van der Waals surface area contributed by atoms with Crippen molar-refractivity contribution in [2.45, 2.75) is 6.10 Å². The molecule has 1 atom stereocenters. The second-order valence-electron chi connectivity index (χ2n) is 2.85. The lowest BCUT2D eigenvalue weighted by atomic mass is 10.2. The summed E-state index contributed by atoms with van der Waals surface area (Å²) < 4.78 is 9.59. The van der Waals surface area contributed by atoms with Gasteiger partial charge in [0.05, 0.1) is 19.8 Å². The third kappa shape index (κ3) is 2.64. The minimum atomic E-state index is 0.409. The number of epoxide rings is 2.